The lowest BCUT2D eigenvalue weighted by Gasteiger charge is -2.11. The molecule has 7 heteroatoms. The van der Waals surface area contributed by atoms with Crippen LogP contribution in [0.2, 0.25) is 0 Å². The lowest BCUT2D eigenvalue weighted by atomic mass is 10.1. The second kappa shape index (κ2) is 12.3. The molecule has 146 valence electrons. The van der Waals surface area contributed by atoms with Gasteiger partial charge in [-0.1, -0.05) is 30.3 Å². The summed E-state index contributed by atoms with van der Waals surface area (Å²) < 4.78 is 18.4. The Labute approximate surface area is 176 Å². The molecule has 0 aliphatic carbocycles. The van der Waals surface area contributed by atoms with Gasteiger partial charge >= 0.3 is 5.97 Å². The summed E-state index contributed by atoms with van der Waals surface area (Å²) in [7, 11) is 1.36. The van der Waals surface area contributed by atoms with Crippen molar-refractivity contribution in [2.75, 3.05) is 20.2 Å². The Morgan fingerprint density at radius 2 is 1.81 bits per heavy atom. The van der Waals surface area contributed by atoms with Gasteiger partial charge in [-0.3, -0.25) is 0 Å². The summed E-state index contributed by atoms with van der Waals surface area (Å²) in [5.74, 6) is 0.0455. The number of rotatable bonds is 7. The summed E-state index contributed by atoms with van der Waals surface area (Å²) in [6.45, 7) is 3.64. The standard InChI is InChI=1S/C20H24FN3O2.HI/c1-3-22-20(24-14-17-6-4-5-7-18(17)21)23-13-12-15-8-10-16(11-9-15)19(25)26-2;/h4-11H,3,12-14H2,1-2H3,(H2,22,23,24);1H. The van der Waals surface area contributed by atoms with Crippen molar-refractivity contribution in [3.8, 4) is 0 Å². The van der Waals surface area contributed by atoms with E-state index in [2.05, 4.69) is 20.4 Å². The first-order valence-corrected chi connectivity index (χ1v) is 8.57. The first-order chi connectivity index (χ1) is 12.6. The third-order valence-corrected chi connectivity index (χ3v) is 3.79. The minimum absolute atomic E-state index is 0. The van der Waals surface area contributed by atoms with Gasteiger partial charge in [-0.2, -0.15) is 0 Å². The van der Waals surface area contributed by atoms with Crippen molar-refractivity contribution in [1.29, 1.82) is 0 Å². The van der Waals surface area contributed by atoms with Crippen LogP contribution >= 0.6 is 24.0 Å². The van der Waals surface area contributed by atoms with Crippen LogP contribution in [0.4, 0.5) is 4.39 Å². The van der Waals surface area contributed by atoms with Crippen LogP contribution in [0.25, 0.3) is 0 Å². The number of ether oxygens (including phenoxy) is 1. The molecule has 0 atom stereocenters. The van der Waals surface area contributed by atoms with E-state index in [0.717, 1.165) is 18.5 Å². The largest absolute Gasteiger partial charge is 0.465 e. The minimum Gasteiger partial charge on any atom is -0.465 e. The van der Waals surface area contributed by atoms with Crippen molar-refractivity contribution in [3.05, 3.63) is 71.0 Å². The molecule has 0 radical (unpaired) electrons. The zero-order valence-electron chi connectivity index (χ0n) is 15.5. The van der Waals surface area contributed by atoms with Gasteiger partial charge in [-0.25, -0.2) is 14.2 Å². The maximum Gasteiger partial charge on any atom is 0.337 e. The maximum absolute atomic E-state index is 13.7. The van der Waals surface area contributed by atoms with Crippen LogP contribution in [0.1, 0.15) is 28.4 Å². The molecule has 0 saturated carbocycles. The number of aliphatic imine (C=N–C) groups is 1. The Morgan fingerprint density at radius 1 is 1.11 bits per heavy atom. The summed E-state index contributed by atoms with van der Waals surface area (Å²) in [6.07, 6.45) is 0.769. The van der Waals surface area contributed by atoms with Crippen LogP contribution in [0.5, 0.6) is 0 Å². The molecule has 0 spiro atoms. The van der Waals surface area contributed by atoms with Crippen molar-refractivity contribution in [1.82, 2.24) is 10.6 Å². The third-order valence-electron chi connectivity index (χ3n) is 3.79. The first kappa shape index (κ1) is 22.9. The van der Waals surface area contributed by atoms with E-state index in [1.807, 2.05) is 19.1 Å². The Hall–Kier alpha value is -2.16. The van der Waals surface area contributed by atoms with Gasteiger partial charge in [0, 0.05) is 18.7 Å². The Bertz CT molecular complexity index is 751. The number of carbonyl (C=O) groups is 1. The van der Waals surface area contributed by atoms with Crippen molar-refractivity contribution in [2.24, 2.45) is 4.99 Å². The van der Waals surface area contributed by atoms with E-state index >= 15 is 0 Å². The van der Waals surface area contributed by atoms with Crippen molar-refractivity contribution >= 4 is 35.9 Å². The van der Waals surface area contributed by atoms with E-state index in [-0.39, 0.29) is 42.3 Å². The highest BCUT2D eigenvalue weighted by molar-refractivity contribution is 14.0. The molecule has 0 aromatic heterocycles. The van der Waals surface area contributed by atoms with Crippen LogP contribution < -0.4 is 10.6 Å². The van der Waals surface area contributed by atoms with Gasteiger partial charge in [0.2, 0.25) is 0 Å². The molecule has 2 rings (SSSR count). The number of nitrogens with one attached hydrogen (secondary N) is 2. The molecular weight excluding hydrogens is 460 g/mol. The second-order valence-corrected chi connectivity index (χ2v) is 5.65. The second-order valence-electron chi connectivity index (χ2n) is 5.65. The molecule has 0 fully saturated rings. The monoisotopic (exact) mass is 485 g/mol. The van der Waals surface area contributed by atoms with E-state index < -0.39 is 0 Å². The number of guanidine groups is 1. The molecule has 0 aliphatic rings. The van der Waals surface area contributed by atoms with E-state index in [1.54, 1.807) is 30.3 Å². The summed E-state index contributed by atoms with van der Waals surface area (Å²) in [5, 5.41) is 6.38. The van der Waals surface area contributed by atoms with Crippen LogP contribution in [0.3, 0.4) is 0 Å². The lowest BCUT2D eigenvalue weighted by Crippen LogP contribution is -2.38. The average molecular weight is 485 g/mol. The number of carbonyl (C=O) groups excluding carboxylic acids is 1. The van der Waals surface area contributed by atoms with E-state index in [4.69, 9.17) is 0 Å². The highest BCUT2D eigenvalue weighted by Crippen LogP contribution is 2.08. The number of hydrogen-bond donors (Lipinski definition) is 2. The third kappa shape index (κ3) is 7.54. The van der Waals surface area contributed by atoms with Gasteiger partial charge in [0.1, 0.15) is 5.82 Å². The van der Waals surface area contributed by atoms with Gasteiger partial charge < -0.3 is 15.4 Å². The fourth-order valence-corrected chi connectivity index (χ4v) is 2.38. The molecule has 5 nitrogen and oxygen atoms in total. The quantitative estimate of drug-likeness (QED) is 0.273. The predicted molar refractivity (Wildman–Crippen MR) is 116 cm³/mol. The van der Waals surface area contributed by atoms with Crippen LogP contribution in [0, 0.1) is 5.82 Å². The smallest absolute Gasteiger partial charge is 0.337 e. The zero-order valence-corrected chi connectivity index (χ0v) is 17.8. The van der Waals surface area contributed by atoms with E-state index in [9.17, 15) is 9.18 Å². The number of benzene rings is 2. The number of halogens is 2. The van der Waals surface area contributed by atoms with Crippen LogP contribution in [-0.2, 0) is 17.7 Å². The summed E-state index contributed by atoms with van der Waals surface area (Å²) in [6, 6.07) is 13.9. The average Bonchev–Trinajstić information content (AvgIpc) is 2.67. The SMILES string of the molecule is CCNC(=NCc1ccccc1F)NCCc1ccc(C(=O)OC)cc1.I. The Morgan fingerprint density at radius 3 is 2.44 bits per heavy atom. The number of nitrogens with zero attached hydrogens (tertiary/aromatic N) is 1. The van der Waals surface area contributed by atoms with Gasteiger partial charge in [-0.05, 0) is 37.1 Å². The maximum atomic E-state index is 13.7. The summed E-state index contributed by atoms with van der Waals surface area (Å²) in [5.41, 5.74) is 2.18. The highest BCUT2D eigenvalue weighted by atomic mass is 127. The molecule has 0 bridgehead atoms. The molecule has 0 amide bonds. The van der Waals surface area contributed by atoms with Gasteiger partial charge in [0.25, 0.3) is 0 Å². The number of methoxy groups -OCH3 is 1. The molecule has 2 aromatic carbocycles. The molecule has 2 N–H and O–H groups in total. The van der Waals surface area contributed by atoms with Crippen molar-refractivity contribution < 1.29 is 13.9 Å². The molecule has 0 heterocycles. The van der Waals surface area contributed by atoms with Gasteiger partial charge in [0.05, 0.1) is 19.2 Å². The number of esters is 1. The van der Waals surface area contributed by atoms with E-state index in [0.29, 0.717) is 23.6 Å². The fourth-order valence-electron chi connectivity index (χ4n) is 2.38. The van der Waals surface area contributed by atoms with Crippen LogP contribution in [-0.4, -0.2) is 32.1 Å². The Kier molecular flexibility index (Phi) is 10.4. The minimum atomic E-state index is -0.343. The summed E-state index contributed by atoms with van der Waals surface area (Å²) in [4.78, 5) is 15.8. The summed E-state index contributed by atoms with van der Waals surface area (Å²) >= 11 is 0. The lowest BCUT2D eigenvalue weighted by molar-refractivity contribution is 0.0600. The van der Waals surface area contributed by atoms with Crippen LogP contribution in [0.15, 0.2) is 53.5 Å². The topological polar surface area (TPSA) is 62.7 Å². The van der Waals surface area contributed by atoms with Gasteiger partial charge in [-0.15, -0.1) is 24.0 Å². The number of hydrogen-bond acceptors (Lipinski definition) is 3. The Balaban J connectivity index is 0.00000364. The van der Waals surface area contributed by atoms with E-state index in [1.165, 1.54) is 13.2 Å². The molecule has 2 aromatic rings. The zero-order chi connectivity index (χ0) is 18.8. The van der Waals surface area contributed by atoms with Crippen molar-refractivity contribution in [2.45, 2.75) is 19.9 Å². The molecule has 27 heavy (non-hydrogen) atoms. The molecule has 0 aliphatic heterocycles. The first-order valence-electron chi connectivity index (χ1n) is 8.57. The molecular formula is C20H25FIN3O2. The predicted octanol–water partition coefficient (Wildman–Crippen LogP) is 3.53. The van der Waals surface area contributed by atoms with Crippen molar-refractivity contribution in [3.63, 3.8) is 0 Å². The highest BCUT2D eigenvalue weighted by Gasteiger charge is 2.05. The fraction of sp³-hybridized carbons (Fsp3) is 0.300. The molecule has 0 saturated heterocycles. The molecule has 0 unspecified atom stereocenters. The van der Waals surface area contributed by atoms with Gasteiger partial charge in [0.15, 0.2) is 5.96 Å². The normalized spacial score (nSPS) is 10.7.